The zero-order chi connectivity index (χ0) is 17.7. The van der Waals surface area contributed by atoms with Crippen LogP contribution in [0.4, 0.5) is 0 Å². The Morgan fingerprint density at radius 2 is 1.88 bits per heavy atom. The first-order chi connectivity index (χ1) is 11.3. The van der Waals surface area contributed by atoms with E-state index in [2.05, 4.69) is 5.32 Å². The fourth-order valence-corrected chi connectivity index (χ4v) is 3.72. The fraction of sp³-hybridized carbons (Fsp3) is 0.562. The molecule has 1 aliphatic rings. The maximum absolute atomic E-state index is 12.2. The molecule has 1 saturated heterocycles. The number of benzene rings is 1. The molecule has 0 saturated carbocycles. The second-order valence-corrected chi connectivity index (χ2v) is 8.41. The van der Waals surface area contributed by atoms with Gasteiger partial charge in [-0.05, 0) is 11.1 Å². The molecule has 24 heavy (non-hydrogen) atoms. The number of nitrogens with one attached hydrogen (secondary N) is 1. The van der Waals surface area contributed by atoms with Crippen LogP contribution in [-0.4, -0.2) is 62.8 Å². The third-order valence-electron chi connectivity index (χ3n) is 4.10. The van der Waals surface area contributed by atoms with Crippen molar-refractivity contribution in [2.24, 2.45) is 5.92 Å². The van der Waals surface area contributed by atoms with Crippen molar-refractivity contribution in [2.75, 3.05) is 33.1 Å². The summed E-state index contributed by atoms with van der Waals surface area (Å²) in [6, 6.07) is 6.83. The summed E-state index contributed by atoms with van der Waals surface area (Å²) < 4.78 is 30.6. The first kappa shape index (κ1) is 18.9. The molecule has 2 rings (SSSR count). The van der Waals surface area contributed by atoms with Gasteiger partial charge in [0.15, 0.2) is 0 Å². The standard InChI is InChI=1S/C16H24N2O5S/c1-18(2)24(21,22)11-14-9-23-10-15(14)17-16(20)7-12-3-5-13(8-19)6-4-12/h3-6,14-15,19H,7-11H2,1-2H3,(H,17,20)/t14-,15+/m0/s1. The van der Waals surface area contributed by atoms with Gasteiger partial charge in [-0.1, -0.05) is 24.3 Å². The smallest absolute Gasteiger partial charge is 0.224 e. The van der Waals surface area contributed by atoms with Gasteiger partial charge in [0.05, 0.1) is 38.0 Å². The van der Waals surface area contributed by atoms with Crippen LogP contribution in [0, 0.1) is 5.92 Å². The quantitative estimate of drug-likeness (QED) is 0.702. The maximum Gasteiger partial charge on any atom is 0.224 e. The molecule has 0 spiro atoms. The molecule has 0 aromatic heterocycles. The molecule has 1 aliphatic heterocycles. The van der Waals surface area contributed by atoms with Gasteiger partial charge in [0.2, 0.25) is 15.9 Å². The molecule has 0 unspecified atom stereocenters. The number of amides is 1. The van der Waals surface area contributed by atoms with E-state index in [1.807, 2.05) is 0 Å². The van der Waals surface area contributed by atoms with Crippen LogP contribution in [0.1, 0.15) is 11.1 Å². The van der Waals surface area contributed by atoms with Crippen molar-refractivity contribution in [2.45, 2.75) is 19.1 Å². The molecule has 2 N–H and O–H groups in total. The Labute approximate surface area is 142 Å². The van der Waals surface area contributed by atoms with Gasteiger partial charge in [-0.25, -0.2) is 12.7 Å². The zero-order valence-corrected chi connectivity index (χ0v) is 14.8. The molecule has 1 fully saturated rings. The lowest BCUT2D eigenvalue weighted by Gasteiger charge is -2.21. The minimum atomic E-state index is -3.34. The minimum absolute atomic E-state index is 0.0338. The average molecular weight is 356 g/mol. The molecule has 2 atom stereocenters. The van der Waals surface area contributed by atoms with Gasteiger partial charge in [-0.2, -0.15) is 0 Å². The molecule has 1 amide bonds. The van der Waals surface area contributed by atoms with Crippen molar-refractivity contribution in [1.82, 2.24) is 9.62 Å². The van der Waals surface area contributed by atoms with Crippen LogP contribution in [-0.2, 0) is 32.6 Å². The number of sulfonamides is 1. The van der Waals surface area contributed by atoms with E-state index in [0.717, 1.165) is 11.1 Å². The van der Waals surface area contributed by atoms with Crippen molar-refractivity contribution in [3.05, 3.63) is 35.4 Å². The highest BCUT2D eigenvalue weighted by Crippen LogP contribution is 2.17. The van der Waals surface area contributed by atoms with Crippen LogP contribution < -0.4 is 5.32 Å². The van der Waals surface area contributed by atoms with E-state index in [1.54, 1.807) is 24.3 Å². The number of carbonyl (C=O) groups excluding carboxylic acids is 1. The number of nitrogens with zero attached hydrogens (tertiary/aromatic N) is 1. The van der Waals surface area contributed by atoms with Gasteiger partial charge in [0, 0.05) is 20.0 Å². The number of hydrogen-bond donors (Lipinski definition) is 2. The third kappa shape index (κ3) is 5.01. The molecule has 0 aliphatic carbocycles. The Kier molecular flexibility index (Phi) is 6.34. The summed E-state index contributed by atoms with van der Waals surface area (Å²) >= 11 is 0. The summed E-state index contributed by atoms with van der Waals surface area (Å²) in [6.45, 7) is 0.611. The molecule has 1 heterocycles. The van der Waals surface area contributed by atoms with Crippen molar-refractivity contribution in [3.63, 3.8) is 0 Å². The molecule has 8 heteroatoms. The van der Waals surface area contributed by atoms with Crippen LogP contribution in [0.5, 0.6) is 0 Å². The molecular formula is C16H24N2O5S. The van der Waals surface area contributed by atoms with Gasteiger partial charge < -0.3 is 15.2 Å². The van der Waals surface area contributed by atoms with E-state index in [4.69, 9.17) is 9.84 Å². The van der Waals surface area contributed by atoms with Crippen molar-refractivity contribution in [3.8, 4) is 0 Å². The van der Waals surface area contributed by atoms with Crippen LogP contribution in [0.2, 0.25) is 0 Å². The van der Waals surface area contributed by atoms with Crippen molar-refractivity contribution < 1.29 is 23.1 Å². The van der Waals surface area contributed by atoms with E-state index in [-0.39, 0.29) is 36.6 Å². The zero-order valence-electron chi connectivity index (χ0n) is 13.9. The van der Waals surface area contributed by atoms with E-state index >= 15 is 0 Å². The minimum Gasteiger partial charge on any atom is -0.392 e. The van der Waals surface area contributed by atoms with Crippen LogP contribution in [0.25, 0.3) is 0 Å². The molecule has 1 aromatic carbocycles. The number of ether oxygens (including phenoxy) is 1. The highest BCUT2D eigenvalue weighted by Gasteiger charge is 2.34. The fourth-order valence-electron chi connectivity index (χ4n) is 2.55. The molecule has 1 aromatic rings. The van der Waals surface area contributed by atoms with Gasteiger partial charge >= 0.3 is 0 Å². The third-order valence-corrected chi connectivity index (χ3v) is 6.06. The predicted octanol–water partition coefficient (Wildman–Crippen LogP) is -0.256. The summed E-state index contributed by atoms with van der Waals surface area (Å²) in [5.74, 6) is -0.469. The highest BCUT2D eigenvalue weighted by molar-refractivity contribution is 7.89. The van der Waals surface area contributed by atoms with E-state index in [0.29, 0.717) is 13.2 Å². The van der Waals surface area contributed by atoms with E-state index in [9.17, 15) is 13.2 Å². The van der Waals surface area contributed by atoms with Crippen molar-refractivity contribution >= 4 is 15.9 Å². The van der Waals surface area contributed by atoms with Crippen LogP contribution in [0.3, 0.4) is 0 Å². The Balaban J connectivity index is 1.92. The molecule has 134 valence electrons. The SMILES string of the molecule is CN(C)S(=O)(=O)C[C@@H]1COC[C@H]1NC(=O)Cc1ccc(CO)cc1. The molecular weight excluding hydrogens is 332 g/mol. The second kappa shape index (κ2) is 8.06. The van der Waals surface area contributed by atoms with Crippen LogP contribution in [0.15, 0.2) is 24.3 Å². The van der Waals surface area contributed by atoms with Crippen molar-refractivity contribution in [1.29, 1.82) is 0 Å². The van der Waals surface area contributed by atoms with Gasteiger partial charge in [-0.15, -0.1) is 0 Å². The molecule has 0 radical (unpaired) electrons. The number of carbonyl (C=O) groups is 1. The topological polar surface area (TPSA) is 95.9 Å². The first-order valence-electron chi connectivity index (χ1n) is 7.78. The Morgan fingerprint density at radius 1 is 1.25 bits per heavy atom. The summed E-state index contributed by atoms with van der Waals surface area (Å²) in [7, 11) is -0.349. The summed E-state index contributed by atoms with van der Waals surface area (Å²) in [6.07, 6.45) is 0.204. The second-order valence-electron chi connectivity index (χ2n) is 6.18. The van der Waals surface area contributed by atoms with Gasteiger partial charge in [-0.3, -0.25) is 4.79 Å². The summed E-state index contributed by atoms with van der Waals surface area (Å²) in [5, 5.41) is 11.9. The maximum atomic E-state index is 12.2. The number of rotatable bonds is 7. The summed E-state index contributed by atoms with van der Waals surface area (Å²) in [4.78, 5) is 12.2. The monoisotopic (exact) mass is 356 g/mol. The number of hydrogen-bond acceptors (Lipinski definition) is 5. The Morgan fingerprint density at radius 3 is 2.46 bits per heavy atom. The highest BCUT2D eigenvalue weighted by atomic mass is 32.2. The predicted molar refractivity (Wildman–Crippen MR) is 89.8 cm³/mol. The lowest BCUT2D eigenvalue weighted by Crippen LogP contribution is -2.44. The van der Waals surface area contributed by atoms with Crippen LogP contribution >= 0.6 is 0 Å². The Hall–Kier alpha value is -1.48. The Bertz CT molecular complexity index is 658. The number of aliphatic hydroxyl groups excluding tert-OH is 1. The molecule has 7 nitrogen and oxygen atoms in total. The molecule has 0 bridgehead atoms. The van der Waals surface area contributed by atoms with Gasteiger partial charge in [0.1, 0.15) is 0 Å². The van der Waals surface area contributed by atoms with E-state index < -0.39 is 10.0 Å². The summed E-state index contributed by atoms with van der Waals surface area (Å²) in [5.41, 5.74) is 1.62. The van der Waals surface area contributed by atoms with E-state index in [1.165, 1.54) is 18.4 Å². The normalized spacial score (nSPS) is 21.2. The largest absolute Gasteiger partial charge is 0.392 e. The lowest BCUT2D eigenvalue weighted by atomic mass is 10.0. The number of aliphatic hydroxyl groups is 1. The lowest BCUT2D eigenvalue weighted by molar-refractivity contribution is -0.121. The van der Waals surface area contributed by atoms with Gasteiger partial charge in [0.25, 0.3) is 0 Å². The average Bonchev–Trinajstić information content (AvgIpc) is 2.94. The first-order valence-corrected chi connectivity index (χ1v) is 9.38.